The van der Waals surface area contributed by atoms with Crippen LogP contribution in [0.15, 0.2) is 17.1 Å². The standard InChI is InChI=1S/C7H9NO3.C4H9O/c1-6(2)7(10)11-4-3-8-5-9;1-4(2)5-3/h1,3-4H2,2H3;4H,1H2,2-3H3. The number of nitrogens with zero attached hydrogens (tertiary/aromatic N) is 1. The van der Waals surface area contributed by atoms with Gasteiger partial charge in [-0.3, -0.25) is 0 Å². The van der Waals surface area contributed by atoms with Crippen molar-refractivity contribution in [1.29, 1.82) is 0 Å². The van der Waals surface area contributed by atoms with E-state index in [1.54, 1.807) is 14.0 Å². The maximum absolute atomic E-state index is 10.6. The predicted octanol–water partition coefficient (Wildman–Crippen LogP) is 1.30. The normalized spacial score (nSPS) is 8.56. The van der Waals surface area contributed by atoms with Crippen molar-refractivity contribution in [1.82, 2.24) is 0 Å². The molecule has 0 aromatic carbocycles. The lowest BCUT2D eigenvalue weighted by atomic mass is 10.4. The van der Waals surface area contributed by atoms with E-state index in [-0.39, 0.29) is 19.3 Å². The summed E-state index contributed by atoms with van der Waals surface area (Å²) in [5.74, 6) is -0.467. The maximum atomic E-state index is 10.6. The maximum Gasteiger partial charge on any atom is 0.333 e. The van der Waals surface area contributed by atoms with Gasteiger partial charge in [-0.25, -0.2) is 14.6 Å². The van der Waals surface area contributed by atoms with E-state index in [4.69, 9.17) is 0 Å². The average molecular weight is 228 g/mol. The number of hydrogen-bond donors (Lipinski definition) is 0. The molecule has 5 heteroatoms. The van der Waals surface area contributed by atoms with E-state index in [1.165, 1.54) is 6.08 Å². The second-order valence-electron chi connectivity index (χ2n) is 2.94. The smallest absolute Gasteiger partial charge is 0.333 e. The van der Waals surface area contributed by atoms with Crippen LogP contribution in [0.25, 0.3) is 0 Å². The minimum atomic E-state index is -0.467. The second-order valence-corrected chi connectivity index (χ2v) is 2.94. The molecule has 16 heavy (non-hydrogen) atoms. The van der Waals surface area contributed by atoms with Crippen LogP contribution in [0.5, 0.6) is 0 Å². The molecule has 0 aliphatic carbocycles. The molecule has 0 rings (SSSR count). The van der Waals surface area contributed by atoms with Crippen LogP contribution in [0, 0.1) is 6.92 Å². The van der Waals surface area contributed by atoms with Gasteiger partial charge < -0.3 is 9.47 Å². The van der Waals surface area contributed by atoms with Crippen LogP contribution >= 0.6 is 0 Å². The number of ether oxygens (including phenoxy) is 2. The fourth-order valence-electron chi connectivity index (χ4n) is 0.353. The third kappa shape index (κ3) is 15.0. The monoisotopic (exact) mass is 228 g/mol. The first-order chi connectivity index (χ1) is 7.45. The number of rotatable bonds is 5. The summed E-state index contributed by atoms with van der Waals surface area (Å²) in [5.41, 5.74) is 0.333. The highest BCUT2D eigenvalue weighted by atomic mass is 16.5. The molecule has 0 heterocycles. The molecule has 0 aromatic heterocycles. The van der Waals surface area contributed by atoms with Crippen LogP contribution in [0.4, 0.5) is 0 Å². The molecule has 0 saturated carbocycles. The Kier molecular flexibility index (Phi) is 12.3. The van der Waals surface area contributed by atoms with Crippen molar-refractivity contribution in [2.24, 2.45) is 4.99 Å². The third-order valence-corrected chi connectivity index (χ3v) is 1.25. The first-order valence-electron chi connectivity index (χ1n) is 4.67. The van der Waals surface area contributed by atoms with Crippen LogP contribution in [0.3, 0.4) is 0 Å². The molecular formula is C11H18NO4. The zero-order valence-electron chi connectivity index (χ0n) is 9.99. The molecule has 0 N–H and O–H groups in total. The molecule has 0 fully saturated rings. The molecule has 0 amide bonds. The minimum Gasteiger partial charge on any atom is -0.460 e. The first-order valence-corrected chi connectivity index (χ1v) is 4.67. The molecule has 0 spiro atoms. The van der Waals surface area contributed by atoms with Gasteiger partial charge in [0.15, 0.2) is 0 Å². The van der Waals surface area contributed by atoms with E-state index in [2.05, 4.69) is 28.0 Å². The summed E-state index contributed by atoms with van der Waals surface area (Å²) in [5, 5.41) is 0. The van der Waals surface area contributed by atoms with E-state index in [9.17, 15) is 9.59 Å². The lowest BCUT2D eigenvalue weighted by Gasteiger charge is -1.99. The lowest BCUT2D eigenvalue weighted by Crippen LogP contribution is -2.07. The van der Waals surface area contributed by atoms with Gasteiger partial charge in [0.05, 0.1) is 12.6 Å². The summed E-state index contributed by atoms with van der Waals surface area (Å²) in [4.78, 5) is 23.4. The molecule has 0 saturated heterocycles. The molecular weight excluding hydrogens is 210 g/mol. The van der Waals surface area contributed by atoms with E-state index in [0.29, 0.717) is 5.57 Å². The summed E-state index contributed by atoms with van der Waals surface area (Å²) in [7, 11) is 1.64. The van der Waals surface area contributed by atoms with Crippen molar-refractivity contribution in [2.75, 3.05) is 20.3 Å². The van der Waals surface area contributed by atoms with Crippen molar-refractivity contribution in [3.8, 4) is 0 Å². The van der Waals surface area contributed by atoms with E-state index < -0.39 is 5.97 Å². The molecule has 1 radical (unpaired) electrons. The van der Waals surface area contributed by atoms with Crippen molar-refractivity contribution in [3.05, 3.63) is 19.1 Å². The molecule has 1 unspecified atom stereocenters. The van der Waals surface area contributed by atoms with Crippen molar-refractivity contribution in [2.45, 2.75) is 20.0 Å². The van der Waals surface area contributed by atoms with E-state index in [0.717, 1.165) is 0 Å². The summed E-state index contributed by atoms with van der Waals surface area (Å²) in [6.45, 7) is 10.6. The topological polar surface area (TPSA) is 65.0 Å². The Hall–Kier alpha value is -1.45. The van der Waals surface area contributed by atoms with Crippen molar-refractivity contribution < 1.29 is 19.1 Å². The van der Waals surface area contributed by atoms with Gasteiger partial charge in [-0.15, -0.1) is 0 Å². The summed E-state index contributed by atoms with van der Waals surface area (Å²) in [6, 6.07) is 0. The van der Waals surface area contributed by atoms with Crippen LogP contribution in [-0.2, 0) is 19.1 Å². The van der Waals surface area contributed by atoms with E-state index in [1.807, 2.05) is 6.92 Å². The van der Waals surface area contributed by atoms with Crippen LogP contribution in [-0.4, -0.2) is 38.4 Å². The zero-order valence-corrected chi connectivity index (χ0v) is 9.99. The molecule has 0 aromatic rings. The Morgan fingerprint density at radius 2 is 2.06 bits per heavy atom. The average Bonchev–Trinajstić information content (AvgIpc) is 2.24. The molecule has 1 atom stereocenters. The van der Waals surface area contributed by atoms with Gasteiger partial charge in [0.25, 0.3) is 0 Å². The van der Waals surface area contributed by atoms with Crippen molar-refractivity contribution in [3.63, 3.8) is 0 Å². The Morgan fingerprint density at radius 1 is 1.56 bits per heavy atom. The molecule has 5 nitrogen and oxygen atoms in total. The third-order valence-electron chi connectivity index (χ3n) is 1.25. The predicted molar refractivity (Wildman–Crippen MR) is 60.6 cm³/mol. The van der Waals surface area contributed by atoms with Crippen molar-refractivity contribution >= 4 is 12.0 Å². The Balaban J connectivity index is 0. The highest BCUT2D eigenvalue weighted by molar-refractivity contribution is 5.86. The molecule has 0 aliphatic heterocycles. The number of hydrogen-bond acceptors (Lipinski definition) is 5. The summed E-state index contributed by atoms with van der Waals surface area (Å²) in [6.07, 6.45) is 1.47. The fraction of sp³-hybridized carbons (Fsp3) is 0.545. The fourth-order valence-corrected chi connectivity index (χ4v) is 0.353. The molecule has 0 bridgehead atoms. The second kappa shape index (κ2) is 11.6. The van der Waals surface area contributed by atoms with Gasteiger partial charge in [0.1, 0.15) is 6.61 Å². The van der Waals surface area contributed by atoms with E-state index >= 15 is 0 Å². The Morgan fingerprint density at radius 3 is 2.38 bits per heavy atom. The Bertz CT molecular complexity index is 255. The summed E-state index contributed by atoms with van der Waals surface area (Å²) >= 11 is 0. The van der Waals surface area contributed by atoms with Crippen LogP contribution < -0.4 is 0 Å². The largest absolute Gasteiger partial charge is 0.460 e. The SMILES string of the molecule is C=C(C)C(=O)OCCN=C=O.[CH2]C(C)OC. The highest BCUT2D eigenvalue weighted by Gasteiger charge is 2.00. The number of esters is 1. The van der Waals surface area contributed by atoms with Crippen LogP contribution in [0.1, 0.15) is 13.8 Å². The number of carbonyl (C=O) groups is 1. The number of carbonyl (C=O) groups excluding carboxylic acids is 2. The molecule has 0 aliphatic rings. The number of methoxy groups -OCH3 is 1. The van der Waals surface area contributed by atoms with Gasteiger partial charge >= 0.3 is 5.97 Å². The summed E-state index contributed by atoms with van der Waals surface area (Å²) < 4.78 is 9.23. The van der Waals surface area contributed by atoms with Gasteiger partial charge in [-0.2, -0.15) is 0 Å². The first kappa shape index (κ1) is 17.0. The van der Waals surface area contributed by atoms with Crippen LogP contribution in [0.2, 0.25) is 0 Å². The highest BCUT2D eigenvalue weighted by Crippen LogP contribution is 1.90. The molecule has 91 valence electrons. The zero-order chi connectivity index (χ0) is 13.0. The number of isocyanates is 1. The van der Waals surface area contributed by atoms with Gasteiger partial charge in [-0.05, 0) is 20.8 Å². The lowest BCUT2D eigenvalue weighted by molar-refractivity contribution is -0.138. The van der Waals surface area contributed by atoms with Gasteiger partial charge in [-0.1, -0.05) is 6.58 Å². The number of aliphatic imine (C=N–C) groups is 1. The Labute approximate surface area is 96.2 Å². The quantitative estimate of drug-likeness (QED) is 0.234. The van der Waals surface area contributed by atoms with Gasteiger partial charge in [0, 0.05) is 12.7 Å². The minimum absolute atomic E-state index is 0.0981. The van der Waals surface area contributed by atoms with Gasteiger partial charge in [0.2, 0.25) is 6.08 Å².